The Morgan fingerprint density at radius 3 is 2.43 bits per heavy atom. The normalized spacial score (nSPS) is 26.0. The number of rotatable bonds is 3. The SMILES string of the molecule is CNC(=O)C1CNCCN1C(C)C(=O)N1CCCCCC1. The number of amides is 2. The summed E-state index contributed by atoms with van der Waals surface area (Å²) in [6.45, 7) is 5.83. The van der Waals surface area contributed by atoms with Crippen LogP contribution in [0.3, 0.4) is 0 Å². The van der Waals surface area contributed by atoms with Gasteiger partial charge in [0, 0.05) is 39.8 Å². The monoisotopic (exact) mass is 296 g/mol. The highest BCUT2D eigenvalue weighted by atomic mass is 16.2. The highest BCUT2D eigenvalue weighted by Gasteiger charge is 2.35. The van der Waals surface area contributed by atoms with Crippen LogP contribution in [0.25, 0.3) is 0 Å². The van der Waals surface area contributed by atoms with Crippen LogP contribution in [-0.2, 0) is 9.59 Å². The lowest BCUT2D eigenvalue weighted by Crippen LogP contribution is -2.62. The van der Waals surface area contributed by atoms with Gasteiger partial charge in [-0.3, -0.25) is 14.5 Å². The summed E-state index contributed by atoms with van der Waals surface area (Å²) in [7, 11) is 1.65. The summed E-state index contributed by atoms with van der Waals surface area (Å²) in [5.41, 5.74) is 0. The minimum Gasteiger partial charge on any atom is -0.358 e. The van der Waals surface area contributed by atoms with Gasteiger partial charge in [-0.05, 0) is 19.8 Å². The summed E-state index contributed by atoms with van der Waals surface area (Å²) in [6, 6.07) is -0.484. The maximum absolute atomic E-state index is 12.7. The standard InChI is InChI=1S/C15H28N4O2/c1-12(15(21)18-8-5-3-4-6-9-18)19-10-7-17-11-13(19)14(20)16-2/h12-13,17H,3-11H2,1-2H3,(H,16,20). The van der Waals surface area contributed by atoms with Crippen LogP contribution in [0.5, 0.6) is 0 Å². The average molecular weight is 296 g/mol. The topological polar surface area (TPSA) is 64.7 Å². The molecule has 2 heterocycles. The molecule has 0 bridgehead atoms. The Bertz CT molecular complexity index is 367. The molecule has 120 valence electrons. The smallest absolute Gasteiger partial charge is 0.239 e. The van der Waals surface area contributed by atoms with E-state index in [1.165, 1.54) is 12.8 Å². The van der Waals surface area contributed by atoms with E-state index in [1.54, 1.807) is 7.05 Å². The second-order valence-electron chi connectivity index (χ2n) is 5.99. The largest absolute Gasteiger partial charge is 0.358 e. The molecular weight excluding hydrogens is 268 g/mol. The molecule has 0 spiro atoms. The van der Waals surface area contributed by atoms with Crippen molar-refractivity contribution in [2.45, 2.75) is 44.7 Å². The van der Waals surface area contributed by atoms with Gasteiger partial charge in [-0.15, -0.1) is 0 Å². The first-order chi connectivity index (χ1) is 10.1. The van der Waals surface area contributed by atoms with E-state index < -0.39 is 0 Å². The predicted octanol–water partition coefficient (Wildman–Crippen LogP) is -0.203. The Hall–Kier alpha value is -1.14. The van der Waals surface area contributed by atoms with Crippen molar-refractivity contribution in [1.29, 1.82) is 0 Å². The number of piperazine rings is 1. The molecule has 0 radical (unpaired) electrons. The fourth-order valence-corrected chi connectivity index (χ4v) is 3.29. The van der Waals surface area contributed by atoms with Crippen LogP contribution < -0.4 is 10.6 Å². The molecule has 21 heavy (non-hydrogen) atoms. The minimum atomic E-state index is -0.255. The Labute approximate surface area is 127 Å². The zero-order valence-electron chi connectivity index (χ0n) is 13.2. The van der Waals surface area contributed by atoms with Crippen LogP contribution in [0.2, 0.25) is 0 Å². The third-order valence-corrected chi connectivity index (χ3v) is 4.61. The molecular formula is C15H28N4O2. The minimum absolute atomic E-state index is 0.0160. The van der Waals surface area contributed by atoms with E-state index in [4.69, 9.17) is 0 Å². The lowest BCUT2D eigenvalue weighted by molar-refractivity contribution is -0.140. The van der Waals surface area contributed by atoms with E-state index in [0.29, 0.717) is 6.54 Å². The van der Waals surface area contributed by atoms with Crippen molar-refractivity contribution < 1.29 is 9.59 Å². The molecule has 2 saturated heterocycles. The van der Waals surface area contributed by atoms with Crippen LogP contribution in [0.15, 0.2) is 0 Å². The first-order valence-electron chi connectivity index (χ1n) is 8.12. The lowest BCUT2D eigenvalue weighted by Gasteiger charge is -2.39. The van der Waals surface area contributed by atoms with E-state index >= 15 is 0 Å². The third kappa shape index (κ3) is 3.95. The van der Waals surface area contributed by atoms with Gasteiger partial charge in [0.15, 0.2) is 0 Å². The Balaban J connectivity index is 2.03. The summed E-state index contributed by atoms with van der Waals surface area (Å²) in [6.07, 6.45) is 4.62. The molecule has 0 aliphatic carbocycles. The molecule has 2 atom stereocenters. The predicted molar refractivity (Wildman–Crippen MR) is 81.9 cm³/mol. The zero-order valence-corrected chi connectivity index (χ0v) is 13.2. The van der Waals surface area contributed by atoms with Gasteiger partial charge < -0.3 is 15.5 Å². The van der Waals surface area contributed by atoms with Gasteiger partial charge in [-0.2, -0.15) is 0 Å². The summed E-state index contributed by atoms with van der Waals surface area (Å²) in [4.78, 5) is 28.8. The second-order valence-corrected chi connectivity index (χ2v) is 5.99. The van der Waals surface area contributed by atoms with Gasteiger partial charge in [0.2, 0.25) is 11.8 Å². The van der Waals surface area contributed by atoms with Crippen molar-refractivity contribution in [1.82, 2.24) is 20.4 Å². The molecule has 2 unspecified atom stereocenters. The molecule has 0 saturated carbocycles. The quantitative estimate of drug-likeness (QED) is 0.757. The highest BCUT2D eigenvalue weighted by Crippen LogP contribution is 2.15. The van der Waals surface area contributed by atoms with Crippen LogP contribution >= 0.6 is 0 Å². The summed E-state index contributed by atoms with van der Waals surface area (Å²) in [5.74, 6) is 0.158. The molecule has 2 N–H and O–H groups in total. The Kier molecular flexibility index (Phi) is 5.99. The maximum Gasteiger partial charge on any atom is 0.239 e. The van der Waals surface area contributed by atoms with E-state index in [2.05, 4.69) is 10.6 Å². The summed E-state index contributed by atoms with van der Waals surface area (Å²) in [5, 5.41) is 5.94. The first-order valence-corrected chi connectivity index (χ1v) is 8.12. The van der Waals surface area contributed by atoms with Gasteiger partial charge in [0.05, 0.1) is 6.04 Å². The van der Waals surface area contributed by atoms with Gasteiger partial charge in [0.25, 0.3) is 0 Å². The number of likely N-dealkylation sites (tertiary alicyclic amines) is 1. The van der Waals surface area contributed by atoms with Gasteiger partial charge in [0.1, 0.15) is 6.04 Å². The van der Waals surface area contributed by atoms with Crippen molar-refractivity contribution in [3.8, 4) is 0 Å². The molecule has 6 nitrogen and oxygen atoms in total. The number of likely N-dealkylation sites (N-methyl/N-ethyl adjacent to an activating group) is 1. The van der Waals surface area contributed by atoms with Crippen molar-refractivity contribution >= 4 is 11.8 Å². The van der Waals surface area contributed by atoms with Crippen molar-refractivity contribution in [3.63, 3.8) is 0 Å². The van der Waals surface area contributed by atoms with Crippen LogP contribution in [-0.4, -0.2) is 73.5 Å². The Morgan fingerprint density at radius 1 is 1.14 bits per heavy atom. The molecule has 2 aliphatic heterocycles. The number of nitrogens with zero attached hydrogens (tertiary/aromatic N) is 2. The summed E-state index contributed by atoms with van der Waals surface area (Å²) < 4.78 is 0. The van der Waals surface area contributed by atoms with Crippen molar-refractivity contribution in [2.75, 3.05) is 39.8 Å². The van der Waals surface area contributed by atoms with Gasteiger partial charge in [-0.1, -0.05) is 12.8 Å². The fourth-order valence-electron chi connectivity index (χ4n) is 3.29. The van der Waals surface area contributed by atoms with Crippen molar-refractivity contribution in [2.24, 2.45) is 0 Å². The molecule has 2 aliphatic rings. The molecule has 0 aromatic rings. The van der Waals surface area contributed by atoms with E-state index in [9.17, 15) is 9.59 Å². The lowest BCUT2D eigenvalue weighted by atomic mass is 10.1. The van der Waals surface area contributed by atoms with E-state index in [0.717, 1.165) is 39.0 Å². The number of hydrogen-bond acceptors (Lipinski definition) is 4. The number of nitrogens with one attached hydrogen (secondary N) is 2. The van der Waals surface area contributed by atoms with Crippen LogP contribution in [0.1, 0.15) is 32.6 Å². The van der Waals surface area contributed by atoms with E-state index in [1.807, 2.05) is 16.7 Å². The Morgan fingerprint density at radius 2 is 1.81 bits per heavy atom. The van der Waals surface area contributed by atoms with Crippen LogP contribution in [0.4, 0.5) is 0 Å². The third-order valence-electron chi connectivity index (χ3n) is 4.61. The second kappa shape index (κ2) is 7.75. The molecule has 6 heteroatoms. The molecule has 2 amide bonds. The van der Waals surface area contributed by atoms with E-state index in [-0.39, 0.29) is 23.9 Å². The van der Waals surface area contributed by atoms with Gasteiger partial charge >= 0.3 is 0 Å². The molecule has 0 aromatic heterocycles. The van der Waals surface area contributed by atoms with Crippen molar-refractivity contribution in [3.05, 3.63) is 0 Å². The molecule has 0 aromatic carbocycles. The zero-order chi connectivity index (χ0) is 15.2. The van der Waals surface area contributed by atoms with Gasteiger partial charge in [-0.25, -0.2) is 0 Å². The summed E-state index contributed by atoms with van der Waals surface area (Å²) >= 11 is 0. The van der Waals surface area contributed by atoms with Crippen LogP contribution in [0, 0.1) is 0 Å². The maximum atomic E-state index is 12.7. The average Bonchev–Trinajstić information content (AvgIpc) is 2.82. The fraction of sp³-hybridized carbons (Fsp3) is 0.867. The number of carbonyl (C=O) groups excluding carboxylic acids is 2. The highest BCUT2D eigenvalue weighted by molar-refractivity contribution is 5.85. The molecule has 2 rings (SSSR count). The first kappa shape index (κ1) is 16.2. The number of hydrogen-bond donors (Lipinski definition) is 2. The molecule has 2 fully saturated rings. The number of carbonyl (C=O) groups is 2.